The van der Waals surface area contributed by atoms with E-state index >= 15 is 0 Å². The van der Waals surface area contributed by atoms with Gasteiger partial charge >= 0.3 is 0 Å². The first-order valence-corrected chi connectivity index (χ1v) is 17.8. The molecule has 0 saturated heterocycles. The normalized spacial score (nSPS) is 12.4. The Labute approximate surface area is 310 Å². The third-order valence-electron chi connectivity index (χ3n) is 10.9. The van der Waals surface area contributed by atoms with Gasteiger partial charge in [0.1, 0.15) is 17.7 Å². The quantitative estimate of drug-likeness (QED) is 0.0643. The molecule has 2 heterocycles. The molecule has 1 N–H and O–H groups in total. The molecule has 0 saturated carbocycles. The molecule has 5 nitrogen and oxygen atoms in total. The van der Waals surface area contributed by atoms with Crippen LogP contribution in [0.2, 0.25) is 0 Å². The van der Waals surface area contributed by atoms with E-state index in [9.17, 15) is 9.90 Å². The third-order valence-corrected chi connectivity index (χ3v) is 10.9. The van der Waals surface area contributed by atoms with Crippen molar-refractivity contribution in [1.29, 1.82) is 0 Å². The Bertz CT molecular complexity index is 2150. The topological polar surface area (TPSA) is 76.2 Å². The molecule has 0 amide bonds. The van der Waals surface area contributed by atoms with Gasteiger partial charge in [0.05, 0.1) is 11.1 Å². The molecule has 6 aromatic rings. The molecule has 0 aliphatic carbocycles. The standard InChI is InChI=1S/C29H23N2O.C15H28O2.Ir/c1-17(2)15-20-8-6-7-19-12-14-22-27(30-16-31-28(22)26(19)20)23-13-11-18(3)25-21-9-4-5-10-24(21)32-29(23)25;1-7-14(5,8-2)12(16)11-13(17)15(6,9-3)10-4;/h4-12,14,16-17H,15H2,1-3H3;11,16H,7-10H2,1-6H3;/q-1;;/b;12-11-;. The minimum absolute atomic E-state index is 0. The Morgan fingerprint density at radius 1 is 0.880 bits per heavy atom. The predicted octanol–water partition coefficient (Wildman–Crippen LogP) is 12.3. The summed E-state index contributed by atoms with van der Waals surface area (Å²) in [6.07, 6.45) is 7.44. The van der Waals surface area contributed by atoms with Crippen LogP contribution in [0.5, 0.6) is 0 Å². The fourth-order valence-corrected chi connectivity index (χ4v) is 6.57. The number of benzene rings is 4. The van der Waals surface area contributed by atoms with Crippen molar-refractivity contribution in [2.24, 2.45) is 16.7 Å². The van der Waals surface area contributed by atoms with E-state index in [0.717, 1.165) is 81.8 Å². The Morgan fingerprint density at radius 3 is 2.22 bits per heavy atom. The van der Waals surface area contributed by atoms with E-state index in [2.05, 4.69) is 69.3 Å². The van der Waals surface area contributed by atoms with E-state index in [0.29, 0.717) is 5.92 Å². The number of nitrogens with zero attached hydrogens (tertiary/aromatic N) is 2. The first-order valence-electron chi connectivity index (χ1n) is 17.8. The second-order valence-electron chi connectivity index (χ2n) is 14.4. The van der Waals surface area contributed by atoms with Crippen LogP contribution in [0.4, 0.5) is 0 Å². The van der Waals surface area contributed by atoms with Crippen molar-refractivity contribution in [2.45, 2.75) is 94.4 Å². The molecule has 50 heavy (non-hydrogen) atoms. The van der Waals surface area contributed by atoms with Crippen molar-refractivity contribution in [3.63, 3.8) is 0 Å². The molecular weight excluding hydrogens is 797 g/mol. The number of hydrogen-bond donors (Lipinski definition) is 1. The Hall–Kier alpha value is -3.86. The molecule has 0 atom stereocenters. The number of aryl methyl sites for hydroxylation is 1. The molecule has 1 radical (unpaired) electrons. The molecule has 6 rings (SSSR count). The van der Waals surface area contributed by atoms with Gasteiger partial charge in [0.15, 0.2) is 5.78 Å². The minimum Gasteiger partial charge on any atom is -0.512 e. The van der Waals surface area contributed by atoms with Crippen LogP contribution in [0.1, 0.15) is 92.2 Å². The van der Waals surface area contributed by atoms with E-state index in [1.54, 1.807) is 6.33 Å². The Kier molecular flexibility index (Phi) is 12.5. The van der Waals surface area contributed by atoms with Gasteiger partial charge < -0.3 is 9.52 Å². The van der Waals surface area contributed by atoms with E-state index in [1.807, 2.05) is 59.7 Å². The van der Waals surface area contributed by atoms with E-state index in [4.69, 9.17) is 14.4 Å². The molecule has 0 aliphatic rings. The van der Waals surface area contributed by atoms with Crippen LogP contribution in [-0.2, 0) is 31.3 Å². The van der Waals surface area contributed by atoms with Crippen molar-refractivity contribution in [2.75, 3.05) is 0 Å². The molecule has 265 valence electrons. The zero-order chi connectivity index (χ0) is 35.5. The number of rotatable bonds is 10. The van der Waals surface area contributed by atoms with Crippen molar-refractivity contribution >= 4 is 49.4 Å². The van der Waals surface area contributed by atoms with Gasteiger partial charge in [-0.05, 0) is 60.4 Å². The summed E-state index contributed by atoms with van der Waals surface area (Å²) in [6.45, 7) is 18.7. The number of aliphatic hydroxyl groups is 1. The monoisotopic (exact) mass is 848 g/mol. The molecule has 4 aromatic carbocycles. The third kappa shape index (κ3) is 7.43. The van der Waals surface area contributed by atoms with Crippen molar-refractivity contribution < 1.29 is 34.4 Å². The largest absolute Gasteiger partial charge is 0.512 e. The number of allylic oxidation sites excluding steroid dienone is 2. The summed E-state index contributed by atoms with van der Waals surface area (Å²) < 4.78 is 6.34. The maximum Gasteiger partial charge on any atom is 0.164 e. The van der Waals surface area contributed by atoms with E-state index in [-0.39, 0.29) is 42.5 Å². The van der Waals surface area contributed by atoms with Crippen molar-refractivity contribution in [1.82, 2.24) is 9.97 Å². The predicted molar refractivity (Wildman–Crippen MR) is 205 cm³/mol. The first-order chi connectivity index (χ1) is 23.4. The maximum absolute atomic E-state index is 12.2. The summed E-state index contributed by atoms with van der Waals surface area (Å²) in [4.78, 5) is 21.7. The van der Waals surface area contributed by atoms with E-state index < -0.39 is 0 Å². The number of aliphatic hydroxyl groups excluding tert-OH is 1. The summed E-state index contributed by atoms with van der Waals surface area (Å²) in [5.41, 5.74) is 6.33. The van der Waals surface area contributed by atoms with Crippen LogP contribution in [0.25, 0.3) is 54.9 Å². The molecule has 0 aliphatic heterocycles. The first kappa shape index (κ1) is 38.9. The van der Waals surface area contributed by atoms with Crippen LogP contribution < -0.4 is 0 Å². The van der Waals surface area contributed by atoms with Crippen LogP contribution >= 0.6 is 0 Å². The summed E-state index contributed by atoms with van der Waals surface area (Å²) >= 11 is 0. The van der Waals surface area contributed by atoms with Crippen LogP contribution in [0, 0.1) is 29.7 Å². The Morgan fingerprint density at radius 2 is 1.56 bits per heavy atom. The number of ketones is 1. The molecule has 0 unspecified atom stereocenters. The number of aromatic nitrogens is 2. The molecule has 6 heteroatoms. The summed E-state index contributed by atoms with van der Waals surface area (Å²) in [5.74, 6) is 0.853. The summed E-state index contributed by atoms with van der Waals surface area (Å²) in [6, 6.07) is 24.5. The van der Waals surface area contributed by atoms with Gasteiger partial charge in [0, 0.05) is 53.5 Å². The zero-order valence-corrected chi connectivity index (χ0v) is 33.4. The molecule has 0 spiro atoms. The number of fused-ring (bicyclic) bond motifs is 6. The second-order valence-corrected chi connectivity index (χ2v) is 14.4. The molecule has 0 bridgehead atoms. The average Bonchev–Trinajstić information content (AvgIpc) is 3.51. The van der Waals surface area contributed by atoms with Gasteiger partial charge in [0.25, 0.3) is 0 Å². The smallest absolute Gasteiger partial charge is 0.164 e. The number of carbonyl (C=O) groups excluding carboxylic acids is 1. The SMILES string of the molecule is CCC(C)(CC)C(=O)/C=C(\O)C(C)(CC)CC.Cc1c[c-]c(-c2ncnc3c2ccc2cccc(CC(C)C)c23)c2oc3ccccc3c12.[Ir]. The summed E-state index contributed by atoms with van der Waals surface area (Å²) in [7, 11) is 0. The minimum atomic E-state index is -0.337. The van der Waals surface area contributed by atoms with Crippen molar-refractivity contribution in [3.05, 3.63) is 96.0 Å². The fraction of sp³-hybridized carbons (Fsp3) is 0.386. The van der Waals surface area contributed by atoms with E-state index in [1.165, 1.54) is 22.4 Å². The number of carbonyl (C=O) groups is 1. The van der Waals surface area contributed by atoms with Gasteiger partial charge in [0.2, 0.25) is 0 Å². The summed E-state index contributed by atoms with van der Waals surface area (Å²) in [5, 5.41) is 15.8. The number of para-hydroxylation sites is 1. The Balaban J connectivity index is 0.000000269. The number of furan rings is 1. The van der Waals surface area contributed by atoms with Crippen LogP contribution in [-0.4, -0.2) is 20.9 Å². The average molecular weight is 848 g/mol. The molecular formula is C44H51IrN2O3-. The molecule has 2 aromatic heterocycles. The van der Waals surface area contributed by atoms with Gasteiger partial charge in [-0.1, -0.05) is 122 Å². The van der Waals surface area contributed by atoms with Gasteiger partial charge in [-0.3, -0.25) is 9.78 Å². The number of hydrogen-bond acceptors (Lipinski definition) is 5. The molecule has 0 fully saturated rings. The van der Waals surface area contributed by atoms with Gasteiger partial charge in [-0.2, -0.15) is 0 Å². The van der Waals surface area contributed by atoms with Crippen molar-refractivity contribution in [3.8, 4) is 11.3 Å². The van der Waals surface area contributed by atoms with Gasteiger partial charge in [-0.25, -0.2) is 4.98 Å². The fourth-order valence-electron chi connectivity index (χ4n) is 6.57. The van der Waals surface area contributed by atoms with Crippen LogP contribution in [0.15, 0.2) is 83.2 Å². The zero-order valence-electron chi connectivity index (χ0n) is 31.0. The van der Waals surface area contributed by atoms with Crippen LogP contribution in [0.3, 0.4) is 0 Å². The second kappa shape index (κ2) is 16.0. The van der Waals surface area contributed by atoms with Gasteiger partial charge in [-0.15, -0.1) is 17.7 Å². The maximum atomic E-state index is 12.2.